The molecule has 0 saturated carbocycles. The lowest BCUT2D eigenvalue weighted by Crippen LogP contribution is -2.42. The first-order chi connectivity index (χ1) is 15.8. The molecule has 1 aliphatic rings. The van der Waals surface area contributed by atoms with Crippen LogP contribution in [0.5, 0.6) is 0 Å². The minimum absolute atomic E-state index is 0.194. The van der Waals surface area contributed by atoms with Gasteiger partial charge in [0.25, 0.3) is 0 Å². The van der Waals surface area contributed by atoms with E-state index in [-0.39, 0.29) is 12.0 Å². The number of aryl methyl sites for hydroxylation is 2. The highest BCUT2D eigenvalue weighted by Crippen LogP contribution is 2.29. The molecular formula is C22H27F2N7O2. The lowest BCUT2D eigenvalue weighted by Gasteiger charge is -2.20. The Labute approximate surface area is 190 Å². The number of urea groups is 1. The quantitative estimate of drug-likeness (QED) is 0.566. The molecule has 0 spiro atoms. The average molecular weight is 460 g/mol. The van der Waals surface area contributed by atoms with Crippen LogP contribution in [-0.4, -0.2) is 69.9 Å². The zero-order valence-electron chi connectivity index (χ0n) is 18.8. The number of likely N-dealkylation sites (tertiary alicyclic amines) is 1. The average Bonchev–Trinajstić information content (AvgIpc) is 3.48. The smallest absolute Gasteiger partial charge is 0.320 e. The van der Waals surface area contributed by atoms with E-state index in [0.717, 1.165) is 11.6 Å². The predicted octanol–water partition coefficient (Wildman–Crippen LogP) is 2.33. The first-order valence-corrected chi connectivity index (χ1v) is 10.6. The van der Waals surface area contributed by atoms with Crippen molar-refractivity contribution in [2.24, 2.45) is 14.1 Å². The third-order valence-electron chi connectivity index (χ3n) is 5.82. The van der Waals surface area contributed by atoms with E-state index in [4.69, 9.17) is 4.74 Å². The van der Waals surface area contributed by atoms with Crippen LogP contribution in [0.15, 0.2) is 36.7 Å². The fourth-order valence-corrected chi connectivity index (χ4v) is 4.11. The van der Waals surface area contributed by atoms with E-state index in [1.807, 2.05) is 13.2 Å². The number of nitrogens with zero attached hydrogens (tertiary/aromatic N) is 5. The summed E-state index contributed by atoms with van der Waals surface area (Å²) < 4.78 is 35.7. The maximum absolute atomic E-state index is 13.9. The molecule has 3 heterocycles. The number of aromatic nitrogens is 4. The second-order valence-electron chi connectivity index (χ2n) is 8.18. The Morgan fingerprint density at radius 2 is 2.03 bits per heavy atom. The molecule has 2 amide bonds. The van der Waals surface area contributed by atoms with Crippen molar-refractivity contribution in [2.45, 2.75) is 12.0 Å². The zero-order chi connectivity index (χ0) is 23.5. The number of hydrogen-bond donors (Lipinski definition) is 2. The Morgan fingerprint density at radius 3 is 2.73 bits per heavy atom. The Morgan fingerprint density at radius 1 is 1.21 bits per heavy atom. The van der Waals surface area contributed by atoms with Crippen molar-refractivity contribution in [2.75, 3.05) is 38.7 Å². The molecule has 9 nitrogen and oxygen atoms in total. The Hall–Kier alpha value is -3.31. The van der Waals surface area contributed by atoms with E-state index in [9.17, 15) is 13.6 Å². The van der Waals surface area contributed by atoms with E-state index < -0.39 is 17.7 Å². The van der Waals surface area contributed by atoms with Gasteiger partial charge in [0, 0.05) is 64.6 Å². The van der Waals surface area contributed by atoms with Gasteiger partial charge in [0.2, 0.25) is 0 Å². The highest BCUT2D eigenvalue weighted by atomic mass is 19.2. The number of nitrogens with one attached hydrogen (secondary N) is 2. The van der Waals surface area contributed by atoms with Gasteiger partial charge >= 0.3 is 6.03 Å². The van der Waals surface area contributed by atoms with Crippen LogP contribution in [0, 0.1) is 11.6 Å². The van der Waals surface area contributed by atoms with Crippen LogP contribution in [-0.2, 0) is 18.8 Å². The maximum Gasteiger partial charge on any atom is 0.320 e. The topological polar surface area (TPSA) is 89.2 Å². The van der Waals surface area contributed by atoms with E-state index in [1.165, 1.54) is 6.07 Å². The van der Waals surface area contributed by atoms with Crippen LogP contribution >= 0.6 is 0 Å². The number of hydrogen-bond acceptors (Lipinski definition) is 5. The molecule has 2 aromatic heterocycles. The summed E-state index contributed by atoms with van der Waals surface area (Å²) in [5.74, 6) is -1.47. The molecule has 11 heteroatoms. The van der Waals surface area contributed by atoms with Gasteiger partial charge in [-0.25, -0.2) is 13.6 Å². The number of anilines is 1. The third-order valence-corrected chi connectivity index (χ3v) is 5.82. The molecule has 0 aliphatic carbocycles. The van der Waals surface area contributed by atoms with Gasteiger partial charge in [-0.3, -0.25) is 19.6 Å². The van der Waals surface area contributed by atoms with Crippen LogP contribution in [0.2, 0.25) is 0 Å². The van der Waals surface area contributed by atoms with Crippen molar-refractivity contribution < 1.29 is 18.3 Å². The van der Waals surface area contributed by atoms with E-state index in [1.54, 1.807) is 41.9 Å². The van der Waals surface area contributed by atoms with Crippen LogP contribution in [0.3, 0.4) is 0 Å². The van der Waals surface area contributed by atoms with Crippen molar-refractivity contribution in [3.05, 3.63) is 53.9 Å². The van der Waals surface area contributed by atoms with E-state index in [0.29, 0.717) is 43.3 Å². The van der Waals surface area contributed by atoms with Gasteiger partial charge < -0.3 is 10.1 Å². The monoisotopic (exact) mass is 459 g/mol. The van der Waals surface area contributed by atoms with Crippen molar-refractivity contribution >= 4 is 11.8 Å². The molecular weight excluding hydrogens is 432 g/mol. The van der Waals surface area contributed by atoms with Crippen LogP contribution in [0.4, 0.5) is 19.4 Å². The van der Waals surface area contributed by atoms with Crippen LogP contribution in [0.1, 0.15) is 11.5 Å². The van der Waals surface area contributed by atoms with E-state index >= 15 is 0 Å². The first kappa shape index (κ1) is 22.9. The summed E-state index contributed by atoms with van der Waals surface area (Å²) in [6.45, 7) is 2.37. The summed E-state index contributed by atoms with van der Waals surface area (Å²) >= 11 is 0. The molecule has 0 radical (unpaired) electrons. The number of halogens is 2. The van der Waals surface area contributed by atoms with Gasteiger partial charge in [0.15, 0.2) is 11.6 Å². The second kappa shape index (κ2) is 9.67. The Bertz CT molecular complexity index is 1130. The maximum atomic E-state index is 13.9. The summed E-state index contributed by atoms with van der Waals surface area (Å²) in [6.07, 6.45) is 3.54. The molecule has 3 aromatic rings. The second-order valence-corrected chi connectivity index (χ2v) is 8.18. The van der Waals surface area contributed by atoms with Crippen molar-refractivity contribution in [3.63, 3.8) is 0 Å². The number of carbonyl (C=O) groups is 1. The van der Waals surface area contributed by atoms with Gasteiger partial charge in [-0.1, -0.05) is 6.07 Å². The number of carbonyl (C=O) groups excluding carboxylic acids is 1. The highest BCUT2D eigenvalue weighted by molar-refractivity contribution is 5.89. The summed E-state index contributed by atoms with van der Waals surface area (Å²) in [5.41, 5.74) is 2.16. The van der Waals surface area contributed by atoms with Crippen molar-refractivity contribution in [3.8, 4) is 11.3 Å². The fourth-order valence-electron chi connectivity index (χ4n) is 4.11. The molecule has 33 heavy (non-hydrogen) atoms. The standard InChI is InChI=1S/C22H27F2N7O2/c1-29-11-15(10-25-29)19-9-21(30(2)28-19)27-22(32)26-20-13-31(6-7-33-3)12-16(20)14-4-5-17(23)18(24)8-14/h4-5,8-11,16,20H,6-7,12-13H2,1-3H3,(H2,26,27,32). The SMILES string of the molecule is COCCN1CC(NC(=O)Nc2cc(-c3cnn(C)c3)nn2C)C(c2ccc(F)c(F)c2)C1. The lowest BCUT2D eigenvalue weighted by atomic mass is 9.94. The van der Waals surface area contributed by atoms with Crippen molar-refractivity contribution in [1.82, 2.24) is 29.8 Å². The van der Waals surface area contributed by atoms with Crippen LogP contribution in [0.25, 0.3) is 11.3 Å². The molecule has 1 aromatic carbocycles. The number of amides is 2. The molecule has 176 valence electrons. The van der Waals surface area contributed by atoms with Crippen LogP contribution < -0.4 is 10.6 Å². The number of methoxy groups -OCH3 is 1. The largest absolute Gasteiger partial charge is 0.383 e. The summed E-state index contributed by atoms with van der Waals surface area (Å²) in [7, 11) is 5.18. The summed E-state index contributed by atoms with van der Waals surface area (Å²) in [6, 6.07) is 4.96. The van der Waals surface area contributed by atoms with Gasteiger partial charge in [0.05, 0.1) is 24.5 Å². The highest BCUT2D eigenvalue weighted by Gasteiger charge is 2.35. The predicted molar refractivity (Wildman–Crippen MR) is 119 cm³/mol. The van der Waals surface area contributed by atoms with E-state index in [2.05, 4.69) is 25.7 Å². The summed E-state index contributed by atoms with van der Waals surface area (Å²) in [4.78, 5) is 15.0. The molecule has 4 rings (SSSR count). The van der Waals surface area contributed by atoms with Gasteiger partial charge in [-0.05, 0) is 17.7 Å². The molecule has 1 saturated heterocycles. The molecule has 2 N–H and O–H groups in total. The Balaban J connectivity index is 1.47. The van der Waals surface area contributed by atoms with Gasteiger partial charge in [0.1, 0.15) is 5.82 Å². The minimum Gasteiger partial charge on any atom is -0.383 e. The molecule has 1 aliphatic heterocycles. The number of benzene rings is 1. The summed E-state index contributed by atoms with van der Waals surface area (Å²) in [5, 5.41) is 14.4. The Kier molecular flexibility index (Phi) is 6.70. The zero-order valence-corrected chi connectivity index (χ0v) is 18.8. The van der Waals surface area contributed by atoms with Crippen molar-refractivity contribution in [1.29, 1.82) is 0 Å². The first-order valence-electron chi connectivity index (χ1n) is 10.6. The molecule has 2 unspecified atom stereocenters. The molecule has 1 fully saturated rings. The normalized spacial score (nSPS) is 18.6. The number of rotatable bonds is 7. The fraction of sp³-hybridized carbons (Fsp3) is 0.409. The lowest BCUT2D eigenvalue weighted by molar-refractivity contribution is 0.159. The van der Waals surface area contributed by atoms with Gasteiger partial charge in [-0.15, -0.1) is 0 Å². The minimum atomic E-state index is -0.899. The molecule has 0 bridgehead atoms. The third kappa shape index (κ3) is 5.20. The number of ether oxygens (including phenoxy) is 1. The van der Waals surface area contributed by atoms with Gasteiger partial charge in [-0.2, -0.15) is 10.2 Å². The molecule has 2 atom stereocenters.